The standard InChI is InChI=1S/C26H32F3N5O4/c1-2-4-25(35)33-15-13-32(14-16-33)23-5-3-6-24(31-23)38-20-10-7-18(8-11-20)30-19-9-12-22(34(36)37)21(17-19)26(27,28)29/h3,5-6,9,12,17-18,20,30H,2,4,7-8,10-11,13-16H2,1H3. The molecule has 1 aromatic carbocycles. The summed E-state index contributed by atoms with van der Waals surface area (Å²) in [5.74, 6) is 1.52. The number of rotatable bonds is 8. The fraction of sp³-hybridized carbons (Fsp3) is 0.538. The molecule has 0 spiro atoms. The lowest BCUT2D eigenvalue weighted by Crippen LogP contribution is -2.49. The predicted molar refractivity (Wildman–Crippen MR) is 136 cm³/mol. The Hall–Kier alpha value is -3.57. The van der Waals surface area contributed by atoms with Crippen molar-refractivity contribution in [1.82, 2.24) is 9.88 Å². The molecule has 2 fully saturated rings. The first kappa shape index (κ1) is 27.5. The van der Waals surface area contributed by atoms with Gasteiger partial charge in [0.1, 0.15) is 17.5 Å². The molecule has 1 aliphatic heterocycles. The molecule has 38 heavy (non-hydrogen) atoms. The van der Waals surface area contributed by atoms with Gasteiger partial charge in [0.15, 0.2) is 0 Å². The molecule has 206 valence electrons. The third kappa shape index (κ3) is 6.84. The number of nitrogens with zero attached hydrogens (tertiary/aromatic N) is 4. The summed E-state index contributed by atoms with van der Waals surface area (Å²) >= 11 is 0. The molecule has 1 amide bonds. The number of hydrogen-bond donors (Lipinski definition) is 1. The van der Waals surface area contributed by atoms with Crippen LogP contribution in [0.5, 0.6) is 5.88 Å². The van der Waals surface area contributed by atoms with Crippen LogP contribution in [0, 0.1) is 10.1 Å². The Morgan fingerprint density at radius 2 is 1.84 bits per heavy atom. The Bertz CT molecular complexity index is 1130. The van der Waals surface area contributed by atoms with Crippen molar-refractivity contribution in [2.24, 2.45) is 0 Å². The van der Waals surface area contributed by atoms with Gasteiger partial charge in [0.05, 0.1) is 4.92 Å². The average Bonchev–Trinajstić information content (AvgIpc) is 2.89. The van der Waals surface area contributed by atoms with Gasteiger partial charge in [-0.2, -0.15) is 18.2 Å². The van der Waals surface area contributed by atoms with E-state index in [1.54, 1.807) is 0 Å². The van der Waals surface area contributed by atoms with Gasteiger partial charge in [-0.25, -0.2) is 0 Å². The Labute approximate surface area is 219 Å². The van der Waals surface area contributed by atoms with E-state index in [1.165, 1.54) is 6.07 Å². The van der Waals surface area contributed by atoms with Crippen molar-refractivity contribution in [1.29, 1.82) is 0 Å². The average molecular weight is 536 g/mol. The number of carbonyl (C=O) groups excluding carboxylic acids is 1. The molecule has 1 saturated carbocycles. The van der Waals surface area contributed by atoms with E-state index in [0.29, 0.717) is 64.2 Å². The van der Waals surface area contributed by atoms with E-state index in [0.717, 1.165) is 24.4 Å². The zero-order chi connectivity index (χ0) is 27.3. The van der Waals surface area contributed by atoms with Gasteiger partial charge in [0, 0.05) is 56.5 Å². The molecule has 12 heteroatoms. The number of aromatic nitrogens is 1. The summed E-state index contributed by atoms with van der Waals surface area (Å²) in [7, 11) is 0. The fourth-order valence-corrected chi connectivity index (χ4v) is 4.95. The lowest BCUT2D eigenvalue weighted by atomic mass is 9.92. The molecule has 1 aromatic heterocycles. The lowest BCUT2D eigenvalue weighted by Gasteiger charge is -2.35. The van der Waals surface area contributed by atoms with E-state index in [9.17, 15) is 28.1 Å². The van der Waals surface area contributed by atoms with Crippen LogP contribution in [0.1, 0.15) is 51.0 Å². The summed E-state index contributed by atoms with van der Waals surface area (Å²) in [5, 5.41) is 14.1. The summed E-state index contributed by atoms with van der Waals surface area (Å²) in [6, 6.07) is 8.57. The van der Waals surface area contributed by atoms with Crippen LogP contribution in [-0.4, -0.2) is 59.0 Å². The molecule has 2 aromatic rings. The number of hydrogen-bond acceptors (Lipinski definition) is 7. The number of anilines is 2. The van der Waals surface area contributed by atoms with Crippen LogP contribution in [-0.2, 0) is 11.0 Å². The minimum Gasteiger partial charge on any atom is -0.474 e. The summed E-state index contributed by atoms with van der Waals surface area (Å²) in [6.45, 7) is 4.76. The monoisotopic (exact) mass is 535 g/mol. The number of nitro benzene ring substituents is 1. The second-order valence-corrected chi connectivity index (χ2v) is 9.67. The predicted octanol–water partition coefficient (Wildman–Crippen LogP) is 5.26. The molecule has 2 aliphatic rings. The minimum absolute atomic E-state index is 0.0663. The number of ether oxygens (including phenoxy) is 1. The first-order chi connectivity index (χ1) is 18.1. The van der Waals surface area contributed by atoms with Crippen molar-refractivity contribution in [3.05, 3.63) is 52.1 Å². The number of pyridine rings is 1. The van der Waals surface area contributed by atoms with Gasteiger partial charge in [-0.15, -0.1) is 0 Å². The molecule has 0 bridgehead atoms. The molecule has 1 saturated heterocycles. The van der Waals surface area contributed by atoms with Gasteiger partial charge < -0.3 is 19.9 Å². The van der Waals surface area contributed by atoms with Gasteiger partial charge in [-0.05, 0) is 50.3 Å². The Morgan fingerprint density at radius 3 is 2.47 bits per heavy atom. The highest BCUT2D eigenvalue weighted by molar-refractivity contribution is 5.76. The second kappa shape index (κ2) is 11.9. The van der Waals surface area contributed by atoms with Crippen molar-refractivity contribution < 1.29 is 27.6 Å². The number of piperazine rings is 1. The fourth-order valence-electron chi connectivity index (χ4n) is 4.95. The highest BCUT2D eigenvalue weighted by atomic mass is 19.4. The summed E-state index contributed by atoms with van der Waals surface area (Å²) in [5.41, 5.74) is -2.01. The molecule has 1 N–H and O–H groups in total. The van der Waals surface area contributed by atoms with Crippen LogP contribution in [0.3, 0.4) is 0 Å². The SMILES string of the molecule is CCCC(=O)N1CCN(c2cccc(OC3CCC(Nc4ccc([N+](=O)[O-])c(C(F)(F)F)c4)CC3)n2)CC1. The van der Waals surface area contributed by atoms with E-state index in [-0.39, 0.29) is 23.7 Å². The van der Waals surface area contributed by atoms with E-state index in [4.69, 9.17) is 4.74 Å². The Morgan fingerprint density at radius 1 is 1.13 bits per heavy atom. The second-order valence-electron chi connectivity index (χ2n) is 9.67. The summed E-state index contributed by atoms with van der Waals surface area (Å²) in [4.78, 5) is 30.8. The van der Waals surface area contributed by atoms with Gasteiger partial charge in [-0.3, -0.25) is 14.9 Å². The van der Waals surface area contributed by atoms with E-state index in [2.05, 4.69) is 15.2 Å². The third-order valence-electron chi connectivity index (χ3n) is 6.96. The quantitative estimate of drug-likeness (QED) is 0.364. The highest BCUT2D eigenvalue weighted by Crippen LogP contribution is 2.38. The highest BCUT2D eigenvalue weighted by Gasteiger charge is 2.38. The maximum Gasteiger partial charge on any atom is 0.423 e. The lowest BCUT2D eigenvalue weighted by molar-refractivity contribution is -0.388. The van der Waals surface area contributed by atoms with E-state index in [1.807, 2.05) is 30.0 Å². The molecule has 4 rings (SSSR count). The van der Waals surface area contributed by atoms with Crippen LogP contribution in [0.15, 0.2) is 36.4 Å². The van der Waals surface area contributed by atoms with Gasteiger partial charge >= 0.3 is 6.18 Å². The summed E-state index contributed by atoms with van der Waals surface area (Å²) in [6.07, 6.45) is -0.723. The number of carbonyl (C=O) groups is 1. The first-order valence-electron chi connectivity index (χ1n) is 12.9. The molecule has 1 aliphatic carbocycles. The van der Waals surface area contributed by atoms with Crippen LogP contribution in [0.4, 0.5) is 30.4 Å². The molecular weight excluding hydrogens is 503 g/mol. The maximum atomic E-state index is 13.3. The van der Waals surface area contributed by atoms with Gasteiger partial charge in [0.2, 0.25) is 11.8 Å². The molecular formula is C26H32F3N5O4. The van der Waals surface area contributed by atoms with Crippen molar-refractivity contribution in [2.75, 3.05) is 36.4 Å². The molecule has 0 radical (unpaired) electrons. The first-order valence-corrected chi connectivity index (χ1v) is 12.9. The number of amides is 1. The minimum atomic E-state index is -4.81. The van der Waals surface area contributed by atoms with E-state index < -0.39 is 22.4 Å². The third-order valence-corrected chi connectivity index (χ3v) is 6.96. The molecule has 0 unspecified atom stereocenters. The number of nitro groups is 1. The zero-order valence-electron chi connectivity index (χ0n) is 21.2. The van der Waals surface area contributed by atoms with Crippen LogP contribution >= 0.6 is 0 Å². The largest absolute Gasteiger partial charge is 0.474 e. The molecule has 0 atom stereocenters. The van der Waals surface area contributed by atoms with Crippen LogP contribution < -0.4 is 15.0 Å². The number of alkyl halides is 3. The van der Waals surface area contributed by atoms with Crippen molar-refractivity contribution in [3.8, 4) is 5.88 Å². The van der Waals surface area contributed by atoms with Crippen molar-refractivity contribution in [2.45, 2.75) is 63.8 Å². The number of halogens is 3. The zero-order valence-corrected chi connectivity index (χ0v) is 21.2. The molecule has 2 heterocycles. The van der Waals surface area contributed by atoms with Crippen molar-refractivity contribution >= 4 is 23.1 Å². The smallest absolute Gasteiger partial charge is 0.423 e. The van der Waals surface area contributed by atoms with Crippen molar-refractivity contribution in [3.63, 3.8) is 0 Å². The Balaban J connectivity index is 1.29. The van der Waals surface area contributed by atoms with Crippen LogP contribution in [0.2, 0.25) is 0 Å². The normalized spacial score (nSPS) is 20.2. The van der Waals surface area contributed by atoms with Crippen LogP contribution in [0.25, 0.3) is 0 Å². The molecule has 9 nitrogen and oxygen atoms in total. The van der Waals surface area contributed by atoms with E-state index >= 15 is 0 Å². The summed E-state index contributed by atoms with van der Waals surface area (Å²) < 4.78 is 46.0. The van der Waals surface area contributed by atoms with Gasteiger partial charge in [-0.1, -0.05) is 13.0 Å². The number of nitrogens with one attached hydrogen (secondary N) is 1. The maximum absolute atomic E-state index is 13.3. The van der Waals surface area contributed by atoms with Gasteiger partial charge in [0.25, 0.3) is 5.69 Å². The number of benzene rings is 1. The Kier molecular flexibility index (Phi) is 8.58. The topological polar surface area (TPSA) is 101 Å².